The van der Waals surface area contributed by atoms with Gasteiger partial charge in [-0.25, -0.2) is 9.79 Å². The van der Waals surface area contributed by atoms with E-state index < -0.39 is 11.9 Å². The Morgan fingerprint density at radius 3 is 2.81 bits per heavy atom. The Bertz CT molecular complexity index is 600. The van der Waals surface area contributed by atoms with Crippen molar-refractivity contribution in [3.63, 3.8) is 0 Å². The van der Waals surface area contributed by atoms with Crippen LogP contribution in [0.15, 0.2) is 28.8 Å². The summed E-state index contributed by atoms with van der Waals surface area (Å²) in [6.45, 7) is 0. The fraction of sp³-hybridized carbons (Fsp3) is 0.467. The highest BCUT2D eigenvalue weighted by Crippen LogP contribution is 2.30. The standard InChI is InChI=1S/C15H16N2O3S/c1-20-14(19)9-6-7-11-12(8-9)16-15(21)17(13(11)18)10-4-2-3-5-10/h6-8,10-11H,2-5H2,1H3. The van der Waals surface area contributed by atoms with Crippen molar-refractivity contribution in [3.8, 4) is 0 Å². The molecule has 1 heterocycles. The van der Waals surface area contributed by atoms with Gasteiger partial charge in [0.15, 0.2) is 0 Å². The molecule has 0 N–H and O–H groups in total. The third-order valence-corrected chi connectivity index (χ3v) is 4.42. The van der Waals surface area contributed by atoms with Gasteiger partial charge in [-0.1, -0.05) is 25.0 Å². The van der Waals surface area contributed by atoms with Gasteiger partial charge in [0.25, 0.3) is 0 Å². The molecule has 1 aliphatic heterocycles. The number of hydrogen-bond donors (Lipinski definition) is 0. The van der Waals surface area contributed by atoms with Crippen LogP contribution < -0.4 is 0 Å². The van der Waals surface area contributed by atoms with E-state index >= 15 is 0 Å². The molecular formula is C15H16N2O3S. The largest absolute Gasteiger partial charge is 0.465 e. The molecule has 1 fully saturated rings. The van der Waals surface area contributed by atoms with Gasteiger partial charge in [0, 0.05) is 6.04 Å². The number of rotatable bonds is 2. The average Bonchev–Trinajstić information content (AvgIpc) is 2.99. The molecular weight excluding hydrogens is 288 g/mol. The molecule has 1 amide bonds. The number of ether oxygens (including phenoxy) is 1. The van der Waals surface area contributed by atoms with Crippen molar-refractivity contribution in [1.29, 1.82) is 0 Å². The van der Waals surface area contributed by atoms with Crippen LogP contribution in [0.3, 0.4) is 0 Å². The minimum atomic E-state index is -0.441. The van der Waals surface area contributed by atoms with Crippen molar-refractivity contribution in [2.24, 2.45) is 10.9 Å². The van der Waals surface area contributed by atoms with Crippen molar-refractivity contribution in [3.05, 3.63) is 23.8 Å². The second-order valence-electron chi connectivity index (χ2n) is 5.39. The minimum absolute atomic E-state index is 0.0340. The quantitative estimate of drug-likeness (QED) is 0.576. The summed E-state index contributed by atoms with van der Waals surface area (Å²) in [7, 11) is 1.32. The lowest BCUT2D eigenvalue weighted by Gasteiger charge is -2.34. The SMILES string of the molecule is COC(=O)C1=CC2=NC(=S)N(C3CCCC3)C(=O)C2C=C1. The molecule has 0 aromatic carbocycles. The first-order valence-corrected chi connectivity index (χ1v) is 7.46. The lowest BCUT2D eigenvalue weighted by molar-refractivity contribution is -0.136. The Labute approximate surface area is 128 Å². The highest BCUT2D eigenvalue weighted by Gasteiger charge is 2.39. The third kappa shape index (κ3) is 2.44. The smallest absolute Gasteiger partial charge is 0.337 e. The molecule has 0 aromatic rings. The number of hydrogen-bond acceptors (Lipinski definition) is 4. The van der Waals surface area contributed by atoms with Gasteiger partial charge >= 0.3 is 5.97 Å². The third-order valence-electron chi connectivity index (χ3n) is 4.14. The number of methoxy groups -OCH3 is 1. The van der Waals surface area contributed by atoms with Crippen LogP contribution in [-0.2, 0) is 14.3 Å². The monoisotopic (exact) mass is 304 g/mol. The zero-order valence-electron chi connectivity index (χ0n) is 11.7. The van der Waals surface area contributed by atoms with E-state index in [9.17, 15) is 9.59 Å². The van der Waals surface area contributed by atoms with Crippen LogP contribution in [0.5, 0.6) is 0 Å². The zero-order chi connectivity index (χ0) is 15.0. The topological polar surface area (TPSA) is 59.0 Å². The molecule has 0 radical (unpaired) electrons. The average molecular weight is 304 g/mol. The molecule has 3 rings (SSSR count). The van der Waals surface area contributed by atoms with Gasteiger partial charge in [0.05, 0.1) is 24.3 Å². The molecule has 2 aliphatic carbocycles. The molecule has 3 aliphatic rings. The lowest BCUT2D eigenvalue weighted by Crippen LogP contribution is -2.50. The van der Waals surface area contributed by atoms with E-state index in [2.05, 4.69) is 9.73 Å². The second-order valence-corrected chi connectivity index (χ2v) is 5.76. The highest BCUT2D eigenvalue weighted by molar-refractivity contribution is 7.80. The molecule has 1 saturated carbocycles. The Morgan fingerprint density at radius 1 is 1.43 bits per heavy atom. The van der Waals surface area contributed by atoms with Crippen molar-refractivity contribution >= 4 is 34.9 Å². The first-order chi connectivity index (χ1) is 10.1. The molecule has 0 bridgehead atoms. The zero-order valence-corrected chi connectivity index (χ0v) is 12.6. The van der Waals surface area contributed by atoms with Crippen LogP contribution in [0.1, 0.15) is 25.7 Å². The van der Waals surface area contributed by atoms with E-state index in [1.54, 1.807) is 23.1 Å². The van der Waals surface area contributed by atoms with E-state index in [4.69, 9.17) is 12.2 Å². The number of carbonyl (C=O) groups is 2. The number of nitrogens with zero attached hydrogens (tertiary/aromatic N) is 2. The van der Waals surface area contributed by atoms with Crippen molar-refractivity contribution in [2.45, 2.75) is 31.7 Å². The molecule has 0 spiro atoms. The van der Waals surface area contributed by atoms with Crippen molar-refractivity contribution in [2.75, 3.05) is 7.11 Å². The van der Waals surface area contributed by atoms with Gasteiger partial charge in [0.1, 0.15) is 0 Å². The highest BCUT2D eigenvalue weighted by atomic mass is 32.1. The van der Waals surface area contributed by atoms with Crippen LogP contribution in [0.25, 0.3) is 0 Å². The Hall–Kier alpha value is -1.82. The summed E-state index contributed by atoms with van der Waals surface area (Å²) < 4.78 is 4.68. The fourth-order valence-corrected chi connectivity index (χ4v) is 3.40. The van der Waals surface area contributed by atoms with E-state index in [0.717, 1.165) is 25.7 Å². The Balaban J connectivity index is 1.91. The normalized spacial score (nSPS) is 25.6. The number of allylic oxidation sites excluding steroid dienone is 1. The second kappa shape index (κ2) is 5.52. The summed E-state index contributed by atoms with van der Waals surface area (Å²) in [5.41, 5.74) is 0.916. The maximum absolute atomic E-state index is 12.7. The van der Waals surface area contributed by atoms with Crippen LogP contribution in [-0.4, -0.2) is 40.8 Å². The fourth-order valence-electron chi connectivity index (χ4n) is 3.06. The van der Waals surface area contributed by atoms with E-state index in [-0.39, 0.29) is 11.9 Å². The van der Waals surface area contributed by atoms with Gasteiger partial charge in [-0.2, -0.15) is 0 Å². The number of amides is 1. The maximum Gasteiger partial charge on any atom is 0.337 e. The van der Waals surface area contributed by atoms with Crippen LogP contribution in [0.2, 0.25) is 0 Å². The summed E-state index contributed by atoms with van der Waals surface area (Å²) in [6, 6.07) is 0.176. The van der Waals surface area contributed by atoms with Crippen LogP contribution in [0.4, 0.5) is 0 Å². The summed E-state index contributed by atoms with van der Waals surface area (Å²) in [6.07, 6.45) is 9.13. The molecule has 5 nitrogen and oxygen atoms in total. The molecule has 1 atom stereocenters. The Morgan fingerprint density at radius 2 is 2.14 bits per heavy atom. The lowest BCUT2D eigenvalue weighted by atomic mass is 9.91. The van der Waals surface area contributed by atoms with E-state index in [1.807, 2.05) is 0 Å². The van der Waals surface area contributed by atoms with Gasteiger partial charge in [0.2, 0.25) is 11.0 Å². The summed E-state index contributed by atoms with van der Waals surface area (Å²) in [5, 5.41) is 0.314. The van der Waals surface area contributed by atoms with Crippen LogP contribution >= 0.6 is 12.2 Å². The van der Waals surface area contributed by atoms with E-state index in [0.29, 0.717) is 16.4 Å². The molecule has 0 saturated heterocycles. The minimum Gasteiger partial charge on any atom is -0.465 e. The summed E-state index contributed by atoms with van der Waals surface area (Å²) in [4.78, 5) is 30.2. The first kappa shape index (κ1) is 14.1. The molecule has 21 heavy (non-hydrogen) atoms. The molecule has 0 aromatic heterocycles. The Kier molecular flexibility index (Phi) is 3.71. The number of aliphatic imine (C=N–C) groups is 1. The van der Waals surface area contributed by atoms with Crippen molar-refractivity contribution in [1.82, 2.24) is 4.90 Å². The summed E-state index contributed by atoms with van der Waals surface area (Å²) >= 11 is 5.29. The first-order valence-electron chi connectivity index (χ1n) is 7.05. The number of fused-ring (bicyclic) bond motifs is 1. The van der Waals surface area contributed by atoms with Crippen LogP contribution in [0, 0.1) is 5.92 Å². The summed E-state index contributed by atoms with van der Waals surface area (Å²) in [5.74, 6) is -0.914. The molecule has 110 valence electrons. The number of carbonyl (C=O) groups excluding carboxylic acids is 2. The van der Waals surface area contributed by atoms with Gasteiger partial charge < -0.3 is 4.74 Å². The molecule has 6 heteroatoms. The maximum atomic E-state index is 12.7. The number of thiocarbonyl (C=S) groups is 1. The molecule has 1 unspecified atom stereocenters. The predicted molar refractivity (Wildman–Crippen MR) is 81.9 cm³/mol. The van der Waals surface area contributed by atoms with Crippen molar-refractivity contribution < 1.29 is 14.3 Å². The van der Waals surface area contributed by atoms with E-state index in [1.165, 1.54) is 7.11 Å². The van der Waals surface area contributed by atoms with Gasteiger partial charge in [-0.15, -0.1) is 0 Å². The van der Waals surface area contributed by atoms with Gasteiger partial charge in [-0.05, 0) is 31.1 Å². The predicted octanol–water partition coefficient (Wildman–Crippen LogP) is 1.78. The number of esters is 1. The van der Waals surface area contributed by atoms with Gasteiger partial charge in [-0.3, -0.25) is 9.69 Å².